The first-order chi connectivity index (χ1) is 9.52. The van der Waals surface area contributed by atoms with Crippen molar-refractivity contribution in [2.75, 3.05) is 11.1 Å². The molecule has 0 fully saturated rings. The van der Waals surface area contributed by atoms with E-state index in [1.54, 1.807) is 18.2 Å². The van der Waals surface area contributed by atoms with Gasteiger partial charge in [0, 0.05) is 5.56 Å². The highest BCUT2D eigenvalue weighted by atomic mass is 35.5. The molecule has 0 unspecified atom stereocenters. The van der Waals surface area contributed by atoms with Crippen LogP contribution in [0.5, 0.6) is 0 Å². The van der Waals surface area contributed by atoms with Gasteiger partial charge in [-0.2, -0.15) is 5.26 Å². The molecule has 0 atom stereocenters. The van der Waals surface area contributed by atoms with Crippen molar-refractivity contribution in [3.05, 3.63) is 40.7 Å². The van der Waals surface area contributed by atoms with Gasteiger partial charge in [-0.25, -0.2) is 9.97 Å². The summed E-state index contributed by atoms with van der Waals surface area (Å²) in [4.78, 5) is 8.21. The predicted octanol–water partition coefficient (Wildman–Crippen LogP) is 3.45. The minimum absolute atomic E-state index is 0.164. The van der Waals surface area contributed by atoms with Crippen LogP contribution >= 0.6 is 11.6 Å². The van der Waals surface area contributed by atoms with Gasteiger partial charge in [-0.3, -0.25) is 0 Å². The minimum Gasteiger partial charge on any atom is -0.383 e. The number of halogens is 1. The van der Waals surface area contributed by atoms with E-state index in [4.69, 9.17) is 22.6 Å². The molecule has 1 heterocycles. The van der Waals surface area contributed by atoms with Crippen LogP contribution in [0, 0.1) is 11.3 Å². The molecule has 0 aliphatic heterocycles. The Balaban J connectivity index is 2.45. The number of hydrogen-bond donors (Lipinski definition) is 2. The van der Waals surface area contributed by atoms with Crippen molar-refractivity contribution in [2.24, 2.45) is 0 Å². The van der Waals surface area contributed by atoms with Crippen LogP contribution in [0.25, 0.3) is 0 Å². The Bertz CT molecular complexity index is 676. The Kier molecular flexibility index (Phi) is 4.06. The first-order valence-electron chi connectivity index (χ1n) is 6.10. The van der Waals surface area contributed by atoms with E-state index in [0.717, 1.165) is 5.56 Å². The number of nitrogens with zero attached hydrogens (tertiary/aromatic N) is 3. The second kappa shape index (κ2) is 5.76. The van der Waals surface area contributed by atoms with Crippen LogP contribution in [0.2, 0.25) is 5.02 Å². The number of rotatable bonds is 3. The van der Waals surface area contributed by atoms with Gasteiger partial charge in [-0.05, 0) is 24.1 Å². The lowest BCUT2D eigenvalue weighted by Gasteiger charge is -2.15. The number of aromatic nitrogens is 2. The van der Waals surface area contributed by atoms with E-state index in [9.17, 15) is 0 Å². The van der Waals surface area contributed by atoms with Crippen LogP contribution < -0.4 is 11.1 Å². The van der Waals surface area contributed by atoms with E-state index in [2.05, 4.69) is 21.4 Å². The Labute approximate surface area is 122 Å². The summed E-state index contributed by atoms with van der Waals surface area (Å²) >= 11 is 6.13. The van der Waals surface area contributed by atoms with E-state index < -0.39 is 0 Å². The lowest BCUT2D eigenvalue weighted by molar-refractivity contribution is 0.855. The summed E-state index contributed by atoms with van der Waals surface area (Å²) in [7, 11) is 0. The second-order valence-electron chi connectivity index (χ2n) is 4.61. The summed E-state index contributed by atoms with van der Waals surface area (Å²) in [5.41, 5.74) is 7.85. The third kappa shape index (κ3) is 2.81. The third-order valence-corrected chi connectivity index (χ3v) is 3.17. The number of nitrogen functional groups attached to an aromatic ring is 1. The van der Waals surface area contributed by atoms with Crippen molar-refractivity contribution in [2.45, 2.75) is 19.8 Å². The summed E-state index contributed by atoms with van der Waals surface area (Å²) < 4.78 is 0. The number of nitriles is 1. The summed E-state index contributed by atoms with van der Waals surface area (Å²) in [6.07, 6.45) is 1.39. The smallest absolute Gasteiger partial charge is 0.139 e. The van der Waals surface area contributed by atoms with Crippen molar-refractivity contribution in [3.63, 3.8) is 0 Å². The molecule has 2 aromatic rings. The lowest BCUT2D eigenvalue weighted by atomic mass is 10.0. The molecule has 0 amide bonds. The standard InChI is InChI=1S/C14H14ClN5/c1-8(2)12-13(17)18-7-19-14(12)20-11-5-9(6-16)3-4-10(11)15/h3-5,7-8H,1-2H3,(H3,17,18,19,20). The Hall–Kier alpha value is -2.32. The Morgan fingerprint density at radius 3 is 2.75 bits per heavy atom. The SMILES string of the molecule is CC(C)c1c(N)ncnc1Nc1cc(C#N)ccc1Cl. The van der Waals surface area contributed by atoms with E-state index >= 15 is 0 Å². The van der Waals surface area contributed by atoms with Crippen molar-refractivity contribution in [1.29, 1.82) is 5.26 Å². The van der Waals surface area contributed by atoms with Gasteiger partial charge >= 0.3 is 0 Å². The highest BCUT2D eigenvalue weighted by Gasteiger charge is 2.14. The molecule has 0 bridgehead atoms. The summed E-state index contributed by atoms with van der Waals surface area (Å²) in [6.45, 7) is 4.01. The number of benzene rings is 1. The monoisotopic (exact) mass is 287 g/mol. The predicted molar refractivity (Wildman–Crippen MR) is 80.0 cm³/mol. The Morgan fingerprint density at radius 2 is 2.10 bits per heavy atom. The maximum atomic E-state index is 8.94. The number of nitrogens with one attached hydrogen (secondary N) is 1. The number of nitrogens with two attached hydrogens (primary N) is 1. The topological polar surface area (TPSA) is 87.6 Å². The molecule has 1 aromatic heterocycles. The zero-order valence-corrected chi connectivity index (χ0v) is 11.9. The third-order valence-electron chi connectivity index (χ3n) is 2.84. The van der Waals surface area contributed by atoms with Crippen molar-refractivity contribution in [3.8, 4) is 6.07 Å². The molecule has 0 spiro atoms. The van der Waals surface area contributed by atoms with Crippen LogP contribution in [-0.2, 0) is 0 Å². The highest BCUT2D eigenvalue weighted by molar-refractivity contribution is 6.33. The second-order valence-corrected chi connectivity index (χ2v) is 5.01. The molecule has 0 aliphatic carbocycles. The average Bonchev–Trinajstić information content (AvgIpc) is 2.41. The summed E-state index contributed by atoms with van der Waals surface area (Å²) in [5, 5.41) is 12.6. The molecule has 20 heavy (non-hydrogen) atoms. The van der Waals surface area contributed by atoms with Gasteiger partial charge in [0.15, 0.2) is 0 Å². The van der Waals surface area contributed by atoms with E-state index in [-0.39, 0.29) is 5.92 Å². The number of hydrogen-bond acceptors (Lipinski definition) is 5. The van der Waals surface area contributed by atoms with Crippen LogP contribution in [0.1, 0.15) is 30.9 Å². The minimum atomic E-state index is 0.164. The van der Waals surface area contributed by atoms with Gasteiger partial charge in [0.25, 0.3) is 0 Å². The van der Waals surface area contributed by atoms with Gasteiger partial charge in [0.1, 0.15) is 18.0 Å². The molecule has 0 saturated heterocycles. The molecule has 5 nitrogen and oxygen atoms in total. The van der Waals surface area contributed by atoms with Gasteiger partial charge in [-0.15, -0.1) is 0 Å². The molecule has 0 radical (unpaired) electrons. The number of anilines is 3. The van der Waals surface area contributed by atoms with Gasteiger partial charge < -0.3 is 11.1 Å². The molecule has 2 rings (SSSR count). The van der Waals surface area contributed by atoms with Crippen LogP contribution in [0.4, 0.5) is 17.3 Å². The molecule has 6 heteroatoms. The molecule has 1 aromatic carbocycles. The zero-order valence-electron chi connectivity index (χ0n) is 11.2. The fourth-order valence-electron chi connectivity index (χ4n) is 1.90. The molecule has 0 aliphatic rings. The summed E-state index contributed by atoms with van der Waals surface area (Å²) in [5.74, 6) is 1.20. The fourth-order valence-corrected chi connectivity index (χ4v) is 2.06. The fraction of sp³-hybridized carbons (Fsp3) is 0.214. The molecular formula is C14H14ClN5. The maximum Gasteiger partial charge on any atom is 0.139 e. The normalized spacial score (nSPS) is 10.3. The maximum absolute atomic E-state index is 8.94. The molecule has 102 valence electrons. The van der Waals surface area contributed by atoms with Crippen molar-refractivity contribution < 1.29 is 0 Å². The van der Waals surface area contributed by atoms with Gasteiger partial charge in [-0.1, -0.05) is 25.4 Å². The summed E-state index contributed by atoms with van der Waals surface area (Å²) in [6, 6.07) is 7.07. The molecule has 0 saturated carbocycles. The van der Waals surface area contributed by atoms with Crippen molar-refractivity contribution >= 4 is 28.9 Å². The van der Waals surface area contributed by atoms with Gasteiger partial charge in [0.2, 0.25) is 0 Å². The molecular weight excluding hydrogens is 274 g/mol. The van der Waals surface area contributed by atoms with E-state index in [1.165, 1.54) is 6.33 Å². The first kappa shape index (κ1) is 14.1. The lowest BCUT2D eigenvalue weighted by Crippen LogP contribution is -2.06. The zero-order chi connectivity index (χ0) is 14.7. The highest BCUT2D eigenvalue weighted by Crippen LogP contribution is 2.31. The van der Waals surface area contributed by atoms with Crippen LogP contribution in [0.15, 0.2) is 24.5 Å². The average molecular weight is 288 g/mol. The molecule has 3 N–H and O–H groups in total. The van der Waals surface area contributed by atoms with Crippen LogP contribution in [-0.4, -0.2) is 9.97 Å². The van der Waals surface area contributed by atoms with Crippen LogP contribution in [0.3, 0.4) is 0 Å². The van der Waals surface area contributed by atoms with Crippen molar-refractivity contribution in [1.82, 2.24) is 9.97 Å². The van der Waals surface area contributed by atoms with E-state index in [1.807, 2.05) is 13.8 Å². The van der Waals surface area contributed by atoms with Gasteiger partial charge in [0.05, 0.1) is 22.3 Å². The first-order valence-corrected chi connectivity index (χ1v) is 6.47. The largest absolute Gasteiger partial charge is 0.383 e. The van der Waals surface area contributed by atoms with E-state index in [0.29, 0.717) is 27.9 Å². The quantitative estimate of drug-likeness (QED) is 0.902. The Morgan fingerprint density at radius 1 is 1.35 bits per heavy atom.